The minimum absolute atomic E-state index is 0.0162. The van der Waals surface area contributed by atoms with Crippen LogP contribution in [0.1, 0.15) is 17.5 Å². The molecule has 0 bridgehead atoms. The third-order valence-corrected chi connectivity index (χ3v) is 4.52. The van der Waals surface area contributed by atoms with Gasteiger partial charge in [0.2, 0.25) is 5.91 Å². The van der Waals surface area contributed by atoms with Crippen molar-refractivity contribution in [1.29, 1.82) is 0 Å². The Balaban J connectivity index is 1.79. The lowest BCUT2D eigenvalue weighted by Crippen LogP contribution is -2.31. The van der Waals surface area contributed by atoms with Gasteiger partial charge in [-0.15, -0.1) is 0 Å². The molecular formula is C21H16ClN3O. The Labute approximate surface area is 156 Å². The monoisotopic (exact) mass is 361 g/mol. The fourth-order valence-corrected chi connectivity index (χ4v) is 3.17. The highest BCUT2D eigenvalue weighted by Crippen LogP contribution is 2.36. The second kappa shape index (κ2) is 7.10. The molecule has 26 heavy (non-hydrogen) atoms. The van der Waals surface area contributed by atoms with Gasteiger partial charge in [0.15, 0.2) is 0 Å². The molecule has 1 amide bonds. The van der Waals surface area contributed by atoms with Gasteiger partial charge in [-0.25, -0.2) is 0 Å². The first kappa shape index (κ1) is 16.5. The quantitative estimate of drug-likeness (QED) is 0.673. The van der Waals surface area contributed by atoms with E-state index in [0.29, 0.717) is 17.3 Å². The molecule has 0 saturated heterocycles. The molecule has 0 atom stereocenters. The van der Waals surface area contributed by atoms with Crippen LogP contribution in [0.5, 0.6) is 0 Å². The van der Waals surface area contributed by atoms with E-state index in [4.69, 9.17) is 16.6 Å². The SMILES string of the molecule is O=C1CC(c2cccnc2)=Nc2ccc(Cl)cc2N1Cc1ccccc1. The molecule has 4 nitrogen and oxygen atoms in total. The lowest BCUT2D eigenvalue weighted by molar-refractivity contribution is -0.117. The topological polar surface area (TPSA) is 45.6 Å². The third-order valence-electron chi connectivity index (χ3n) is 4.28. The van der Waals surface area contributed by atoms with E-state index in [1.807, 2.05) is 48.5 Å². The molecule has 3 aromatic rings. The van der Waals surface area contributed by atoms with Crippen molar-refractivity contribution in [2.75, 3.05) is 4.90 Å². The Kier molecular flexibility index (Phi) is 4.50. The van der Waals surface area contributed by atoms with Crippen molar-refractivity contribution >= 4 is 34.6 Å². The number of fused-ring (bicyclic) bond motifs is 1. The maximum atomic E-state index is 13.1. The Morgan fingerprint density at radius 3 is 2.65 bits per heavy atom. The van der Waals surface area contributed by atoms with Crippen LogP contribution in [0.25, 0.3) is 0 Å². The lowest BCUT2D eigenvalue weighted by Gasteiger charge is -2.22. The molecule has 128 valence electrons. The van der Waals surface area contributed by atoms with Crippen molar-refractivity contribution in [1.82, 2.24) is 4.98 Å². The van der Waals surface area contributed by atoms with E-state index in [2.05, 4.69) is 4.98 Å². The summed E-state index contributed by atoms with van der Waals surface area (Å²) in [5.41, 5.74) is 4.07. The van der Waals surface area contributed by atoms with Crippen LogP contribution in [0.2, 0.25) is 5.02 Å². The first-order valence-electron chi connectivity index (χ1n) is 8.32. The van der Waals surface area contributed by atoms with Crippen LogP contribution in [0.3, 0.4) is 0 Å². The van der Waals surface area contributed by atoms with E-state index >= 15 is 0 Å². The van der Waals surface area contributed by atoms with E-state index in [1.165, 1.54) is 0 Å². The molecule has 0 unspecified atom stereocenters. The second-order valence-corrected chi connectivity index (χ2v) is 6.51. The maximum Gasteiger partial charge on any atom is 0.233 e. The highest BCUT2D eigenvalue weighted by molar-refractivity contribution is 6.31. The van der Waals surface area contributed by atoms with Gasteiger partial charge in [-0.3, -0.25) is 14.8 Å². The van der Waals surface area contributed by atoms with E-state index in [9.17, 15) is 4.79 Å². The van der Waals surface area contributed by atoms with Crippen molar-refractivity contribution in [3.8, 4) is 0 Å². The zero-order valence-corrected chi connectivity index (χ0v) is 14.7. The minimum atomic E-state index is -0.0162. The molecule has 2 heterocycles. The zero-order valence-electron chi connectivity index (χ0n) is 14.0. The average molecular weight is 362 g/mol. The maximum absolute atomic E-state index is 13.1. The normalized spacial score (nSPS) is 13.8. The molecule has 0 saturated carbocycles. The fraction of sp³-hybridized carbons (Fsp3) is 0.0952. The summed E-state index contributed by atoms with van der Waals surface area (Å²) in [5, 5.41) is 0.578. The lowest BCUT2D eigenvalue weighted by atomic mass is 10.1. The van der Waals surface area contributed by atoms with E-state index < -0.39 is 0 Å². The number of aromatic nitrogens is 1. The molecule has 2 aromatic carbocycles. The van der Waals surface area contributed by atoms with Gasteiger partial charge in [0.25, 0.3) is 0 Å². The van der Waals surface area contributed by atoms with Gasteiger partial charge in [0, 0.05) is 23.0 Å². The molecule has 0 spiro atoms. The van der Waals surface area contributed by atoms with Gasteiger partial charge in [-0.2, -0.15) is 0 Å². The van der Waals surface area contributed by atoms with Gasteiger partial charge in [0.1, 0.15) is 0 Å². The number of carbonyl (C=O) groups is 1. The molecule has 0 radical (unpaired) electrons. The second-order valence-electron chi connectivity index (χ2n) is 6.08. The number of benzene rings is 2. The number of carbonyl (C=O) groups excluding carboxylic acids is 1. The van der Waals surface area contributed by atoms with Crippen LogP contribution in [-0.4, -0.2) is 16.6 Å². The summed E-state index contributed by atoms with van der Waals surface area (Å²) in [5.74, 6) is -0.0162. The predicted molar refractivity (Wildman–Crippen MR) is 104 cm³/mol. The number of hydrogen-bond acceptors (Lipinski definition) is 3. The molecule has 0 fully saturated rings. The summed E-state index contributed by atoms with van der Waals surface area (Å²) in [7, 11) is 0. The van der Waals surface area contributed by atoms with Gasteiger partial charge in [-0.1, -0.05) is 48.0 Å². The minimum Gasteiger partial charge on any atom is -0.305 e. The van der Waals surface area contributed by atoms with Gasteiger partial charge < -0.3 is 4.90 Å². The Morgan fingerprint density at radius 2 is 1.88 bits per heavy atom. The van der Waals surface area contributed by atoms with E-state index in [-0.39, 0.29) is 12.3 Å². The van der Waals surface area contributed by atoms with Crippen LogP contribution in [-0.2, 0) is 11.3 Å². The highest BCUT2D eigenvalue weighted by Gasteiger charge is 2.25. The predicted octanol–water partition coefficient (Wildman–Crippen LogP) is 4.79. The Morgan fingerprint density at radius 1 is 1.04 bits per heavy atom. The summed E-state index contributed by atoms with van der Waals surface area (Å²) < 4.78 is 0. The van der Waals surface area contributed by atoms with E-state index in [1.54, 1.807) is 29.4 Å². The smallest absolute Gasteiger partial charge is 0.233 e. The standard InChI is InChI=1S/C21H16ClN3O/c22-17-8-9-18-20(11-17)25(14-15-5-2-1-3-6-15)21(26)12-19(24-18)16-7-4-10-23-13-16/h1-11,13H,12,14H2. The number of anilines is 1. The van der Waals surface area contributed by atoms with Crippen molar-refractivity contribution in [2.24, 2.45) is 4.99 Å². The van der Waals surface area contributed by atoms with Gasteiger partial charge in [0.05, 0.1) is 30.1 Å². The number of pyridine rings is 1. The zero-order chi connectivity index (χ0) is 17.9. The molecule has 5 heteroatoms. The third kappa shape index (κ3) is 3.37. The van der Waals surface area contributed by atoms with Crippen LogP contribution in [0.4, 0.5) is 11.4 Å². The first-order chi connectivity index (χ1) is 12.7. The molecule has 1 aromatic heterocycles. The molecule has 1 aliphatic heterocycles. The summed E-state index contributed by atoms with van der Waals surface area (Å²) in [6, 6.07) is 19.1. The van der Waals surface area contributed by atoms with Crippen molar-refractivity contribution in [2.45, 2.75) is 13.0 Å². The van der Waals surface area contributed by atoms with Crippen molar-refractivity contribution < 1.29 is 4.79 Å². The van der Waals surface area contributed by atoms with Crippen LogP contribution in [0.15, 0.2) is 78.0 Å². The van der Waals surface area contributed by atoms with Crippen molar-refractivity contribution in [3.63, 3.8) is 0 Å². The summed E-state index contributed by atoms with van der Waals surface area (Å²) in [6.45, 7) is 0.475. The number of aliphatic imine (C=N–C) groups is 1. The number of rotatable bonds is 3. The molecule has 0 aliphatic carbocycles. The molecule has 0 N–H and O–H groups in total. The van der Waals surface area contributed by atoms with E-state index in [0.717, 1.165) is 22.5 Å². The number of nitrogens with zero attached hydrogens (tertiary/aromatic N) is 3. The van der Waals surface area contributed by atoms with Crippen LogP contribution >= 0.6 is 11.6 Å². The number of amides is 1. The highest BCUT2D eigenvalue weighted by atomic mass is 35.5. The average Bonchev–Trinajstić information content (AvgIpc) is 2.80. The van der Waals surface area contributed by atoms with Crippen molar-refractivity contribution in [3.05, 3.63) is 89.2 Å². The largest absolute Gasteiger partial charge is 0.305 e. The Hall–Kier alpha value is -2.98. The summed E-state index contributed by atoms with van der Waals surface area (Å²) >= 11 is 6.20. The fourth-order valence-electron chi connectivity index (χ4n) is 3.00. The Bertz CT molecular complexity index is 971. The molecular weight excluding hydrogens is 346 g/mol. The number of hydrogen-bond donors (Lipinski definition) is 0. The van der Waals surface area contributed by atoms with Gasteiger partial charge in [-0.05, 0) is 29.8 Å². The summed E-state index contributed by atoms with van der Waals surface area (Å²) in [4.78, 5) is 23.7. The number of halogens is 1. The molecule has 4 rings (SSSR count). The molecule has 1 aliphatic rings. The first-order valence-corrected chi connectivity index (χ1v) is 8.70. The van der Waals surface area contributed by atoms with Gasteiger partial charge >= 0.3 is 0 Å². The van der Waals surface area contributed by atoms with Crippen LogP contribution in [0, 0.1) is 0 Å². The van der Waals surface area contributed by atoms with Crippen LogP contribution < -0.4 is 4.90 Å². The summed E-state index contributed by atoms with van der Waals surface area (Å²) in [6.07, 6.45) is 3.65.